The molecule has 1 heterocycles. The van der Waals surface area contributed by atoms with Gasteiger partial charge in [-0.1, -0.05) is 30.3 Å². The highest BCUT2D eigenvalue weighted by Crippen LogP contribution is 2.11. The number of hydrogen-bond acceptors (Lipinski definition) is 4. The van der Waals surface area contributed by atoms with Gasteiger partial charge in [0, 0.05) is 13.2 Å². The van der Waals surface area contributed by atoms with E-state index >= 15 is 0 Å². The van der Waals surface area contributed by atoms with Crippen molar-refractivity contribution < 1.29 is 17.9 Å². The first-order valence-corrected chi connectivity index (χ1v) is 9.03. The number of rotatable bonds is 7. The first-order chi connectivity index (χ1) is 10.1. The average molecular weight is 311 g/mol. The summed E-state index contributed by atoms with van der Waals surface area (Å²) in [4.78, 5) is 11.7. The van der Waals surface area contributed by atoms with Crippen LogP contribution in [0.4, 0.5) is 0 Å². The molecule has 0 saturated carbocycles. The van der Waals surface area contributed by atoms with Crippen LogP contribution in [-0.4, -0.2) is 45.1 Å². The van der Waals surface area contributed by atoms with E-state index in [-0.39, 0.29) is 24.0 Å². The maximum Gasteiger partial charge on any atom is 0.249 e. The fourth-order valence-electron chi connectivity index (χ4n) is 2.25. The van der Waals surface area contributed by atoms with Gasteiger partial charge in [0.15, 0.2) is 9.84 Å². The van der Waals surface area contributed by atoms with E-state index in [1.807, 2.05) is 30.3 Å². The molecule has 1 saturated heterocycles. The predicted molar refractivity (Wildman–Crippen MR) is 80.8 cm³/mol. The number of aryl methyl sites for hydroxylation is 1. The van der Waals surface area contributed by atoms with E-state index in [2.05, 4.69) is 5.32 Å². The number of carbonyl (C=O) groups excluding carboxylic acids is 1. The first kappa shape index (κ1) is 16.0. The molecule has 2 rings (SSSR count). The molecule has 0 aromatic heterocycles. The van der Waals surface area contributed by atoms with Crippen LogP contribution in [0.1, 0.15) is 18.4 Å². The zero-order valence-corrected chi connectivity index (χ0v) is 12.8. The average Bonchev–Trinajstić information content (AvgIpc) is 3.00. The van der Waals surface area contributed by atoms with Crippen molar-refractivity contribution in [1.82, 2.24) is 5.32 Å². The molecule has 0 radical (unpaired) electrons. The fourth-order valence-corrected chi connectivity index (χ4v) is 3.41. The second-order valence-electron chi connectivity index (χ2n) is 5.18. The van der Waals surface area contributed by atoms with Crippen LogP contribution in [0.5, 0.6) is 0 Å². The molecule has 1 aromatic rings. The summed E-state index contributed by atoms with van der Waals surface area (Å²) in [5.41, 5.74) is 1.00. The minimum atomic E-state index is -3.15. The topological polar surface area (TPSA) is 72.5 Å². The lowest BCUT2D eigenvalue weighted by Crippen LogP contribution is -2.37. The molecule has 1 aliphatic heterocycles. The van der Waals surface area contributed by atoms with Crippen molar-refractivity contribution in [3.05, 3.63) is 35.9 Å². The summed E-state index contributed by atoms with van der Waals surface area (Å²) < 4.78 is 29.1. The van der Waals surface area contributed by atoms with Gasteiger partial charge in [-0.2, -0.15) is 0 Å². The number of sulfone groups is 1. The van der Waals surface area contributed by atoms with Crippen molar-refractivity contribution in [1.29, 1.82) is 0 Å². The second kappa shape index (κ2) is 7.56. The lowest BCUT2D eigenvalue weighted by molar-refractivity contribution is -0.129. The summed E-state index contributed by atoms with van der Waals surface area (Å²) in [6, 6.07) is 9.51. The van der Waals surface area contributed by atoms with Crippen LogP contribution < -0.4 is 5.32 Å². The number of carbonyl (C=O) groups is 1. The van der Waals surface area contributed by atoms with Gasteiger partial charge in [-0.3, -0.25) is 4.79 Å². The summed E-state index contributed by atoms with van der Waals surface area (Å²) in [5, 5.41) is 2.64. The molecule has 0 spiro atoms. The van der Waals surface area contributed by atoms with E-state index in [1.54, 1.807) is 0 Å². The van der Waals surface area contributed by atoms with Gasteiger partial charge >= 0.3 is 0 Å². The Labute approximate surface area is 125 Å². The van der Waals surface area contributed by atoms with E-state index in [1.165, 1.54) is 0 Å². The van der Waals surface area contributed by atoms with Crippen molar-refractivity contribution >= 4 is 15.7 Å². The molecule has 116 valence electrons. The van der Waals surface area contributed by atoms with E-state index in [0.29, 0.717) is 19.4 Å². The molecule has 1 fully saturated rings. The SMILES string of the molecule is O=C(NCCS(=O)(=O)CCc1ccccc1)[C@@H]1CCCO1. The Balaban J connectivity index is 1.70. The summed E-state index contributed by atoms with van der Waals surface area (Å²) >= 11 is 0. The quantitative estimate of drug-likeness (QED) is 0.813. The number of amides is 1. The van der Waals surface area contributed by atoms with Crippen molar-refractivity contribution in [2.45, 2.75) is 25.4 Å². The third kappa shape index (κ3) is 5.47. The highest BCUT2D eigenvalue weighted by Gasteiger charge is 2.23. The van der Waals surface area contributed by atoms with Gasteiger partial charge in [0.2, 0.25) is 5.91 Å². The maximum absolute atomic E-state index is 11.9. The van der Waals surface area contributed by atoms with E-state index < -0.39 is 15.9 Å². The van der Waals surface area contributed by atoms with Crippen LogP contribution in [0.25, 0.3) is 0 Å². The van der Waals surface area contributed by atoms with E-state index in [9.17, 15) is 13.2 Å². The Bertz CT molecular complexity index is 550. The predicted octanol–water partition coefficient (Wildman–Crippen LogP) is 0.939. The minimum Gasteiger partial charge on any atom is -0.368 e. The normalized spacial score (nSPS) is 18.6. The summed E-state index contributed by atoms with van der Waals surface area (Å²) in [6.07, 6.45) is 1.69. The van der Waals surface area contributed by atoms with E-state index in [0.717, 1.165) is 12.0 Å². The molecule has 1 aromatic carbocycles. The lowest BCUT2D eigenvalue weighted by atomic mass is 10.2. The van der Waals surface area contributed by atoms with Crippen molar-refractivity contribution in [3.8, 4) is 0 Å². The number of ether oxygens (including phenoxy) is 1. The van der Waals surface area contributed by atoms with Gasteiger partial charge in [-0.15, -0.1) is 0 Å². The fraction of sp³-hybridized carbons (Fsp3) is 0.533. The molecule has 0 unspecified atom stereocenters. The molecular formula is C15H21NO4S. The van der Waals surface area contributed by atoms with Crippen molar-refractivity contribution in [3.63, 3.8) is 0 Å². The largest absolute Gasteiger partial charge is 0.368 e. The molecule has 21 heavy (non-hydrogen) atoms. The van der Waals surface area contributed by atoms with Crippen molar-refractivity contribution in [2.75, 3.05) is 24.7 Å². The number of nitrogens with one attached hydrogen (secondary N) is 1. The Morgan fingerprint density at radius 3 is 2.67 bits per heavy atom. The minimum absolute atomic E-state index is 0.0295. The van der Waals surface area contributed by atoms with Crippen LogP contribution in [0.3, 0.4) is 0 Å². The molecule has 5 nitrogen and oxygen atoms in total. The monoisotopic (exact) mass is 311 g/mol. The zero-order chi connectivity index (χ0) is 15.1. The van der Waals surface area contributed by atoms with Crippen molar-refractivity contribution in [2.24, 2.45) is 0 Å². The highest BCUT2D eigenvalue weighted by atomic mass is 32.2. The van der Waals surface area contributed by atoms with Gasteiger partial charge in [0.25, 0.3) is 0 Å². The highest BCUT2D eigenvalue weighted by molar-refractivity contribution is 7.91. The molecule has 1 aliphatic rings. The Morgan fingerprint density at radius 1 is 1.24 bits per heavy atom. The second-order valence-corrected chi connectivity index (χ2v) is 7.48. The smallest absolute Gasteiger partial charge is 0.249 e. The summed E-state index contributed by atoms with van der Waals surface area (Å²) in [7, 11) is -3.15. The Morgan fingerprint density at radius 2 is 2.00 bits per heavy atom. The number of hydrogen-bond donors (Lipinski definition) is 1. The standard InChI is InChI=1S/C15H21NO4S/c17-15(14-7-4-10-20-14)16-9-12-21(18,19)11-8-13-5-2-1-3-6-13/h1-3,5-6,14H,4,7-12H2,(H,16,17)/t14-/m0/s1. The van der Waals surface area contributed by atoms with Gasteiger partial charge in [-0.05, 0) is 24.8 Å². The van der Waals surface area contributed by atoms with Crippen LogP contribution in [0, 0.1) is 0 Å². The van der Waals surface area contributed by atoms with E-state index in [4.69, 9.17) is 4.74 Å². The molecular weight excluding hydrogens is 290 g/mol. The summed E-state index contributed by atoms with van der Waals surface area (Å²) in [5.74, 6) is -0.128. The lowest BCUT2D eigenvalue weighted by Gasteiger charge is -2.10. The third-order valence-corrected chi connectivity index (χ3v) is 5.13. The van der Waals surface area contributed by atoms with Crippen LogP contribution in [0.15, 0.2) is 30.3 Å². The molecule has 0 bridgehead atoms. The van der Waals surface area contributed by atoms with Crippen LogP contribution in [0.2, 0.25) is 0 Å². The van der Waals surface area contributed by atoms with Crippen LogP contribution in [-0.2, 0) is 25.8 Å². The number of benzene rings is 1. The first-order valence-electron chi connectivity index (χ1n) is 7.20. The molecule has 1 amide bonds. The van der Waals surface area contributed by atoms with Crippen LogP contribution >= 0.6 is 0 Å². The van der Waals surface area contributed by atoms with Gasteiger partial charge < -0.3 is 10.1 Å². The Hall–Kier alpha value is -1.40. The van der Waals surface area contributed by atoms with Gasteiger partial charge in [0.05, 0.1) is 11.5 Å². The van der Waals surface area contributed by atoms with Gasteiger partial charge in [0.1, 0.15) is 6.10 Å². The molecule has 1 atom stereocenters. The van der Waals surface area contributed by atoms with Gasteiger partial charge in [-0.25, -0.2) is 8.42 Å². The molecule has 1 N–H and O–H groups in total. The summed E-state index contributed by atoms with van der Waals surface area (Å²) in [6.45, 7) is 0.753. The molecule has 0 aliphatic carbocycles. The zero-order valence-electron chi connectivity index (χ0n) is 12.0. The Kier molecular flexibility index (Phi) is 5.76. The maximum atomic E-state index is 11.9. The third-order valence-electron chi connectivity index (χ3n) is 3.48. The molecule has 6 heteroatoms.